The maximum atomic E-state index is 12.6. The van der Waals surface area contributed by atoms with Crippen molar-refractivity contribution in [1.29, 1.82) is 0 Å². The fourth-order valence-corrected chi connectivity index (χ4v) is 3.28. The molecule has 1 N–H and O–H groups in total. The lowest BCUT2D eigenvalue weighted by Gasteiger charge is -2.38. The van der Waals surface area contributed by atoms with Crippen LogP contribution in [0.1, 0.15) is 34.1 Å². The number of anilines is 1. The number of nitrogens with zero attached hydrogens (tertiary/aromatic N) is 1. The van der Waals surface area contributed by atoms with Crippen LogP contribution >= 0.6 is 0 Å². The molecule has 1 aliphatic heterocycles. The summed E-state index contributed by atoms with van der Waals surface area (Å²) >= 11 is 0. The highest BCUT2D eigenvalue weighted by Gasteiger charge is 2.29. The summed E-state index contributed by atoms with van der Waals surface area (Å²) in [7, 11) is 0. The van der Waals surface area contributed by atoms with Crippen LogP contribution in [-0.4, -0.2) is 36.5 Å². The molecule has 0 aromatic heterocycles. The molecular weight excluding hydrogens is 276 g/mol. The molecule has 1 heterocycles. The standard InChI is InChI=1S/C18H28N2O2/c1-5-22-17-9-7-6-8-16(17)19-18(21)15(4)20-11-13(2)10-14(3)12-20/h6-9,13-15H,5,10-12H2,1-4H3,(H,19,21)/t13-,14-,15+/m0/s1. The molecule has 4 heteroatoms. The summed E-state index contributed by atoms with van der Waals surface area (Å²) in [5.41, 5.74) is 0.749. The first-order chi connectivity index (χ1) is 10.5. The Morgan fingerprint density at radius 3 is 2.59 bits per heavy atom. The second-order valence-corrected chi connectivity index (χ2v) is 6.49. The van der Waals surface area contributed by atoms with Crippen LogP contribution in [-0.2, 0) is 4.79 Å². The first-order valence-electron chi connectivity index (χ1n) is 8.28. The van der Waals surface area contributed by atoms with Gasteiger partial charge in [-0.25, -0.2) is 0 Å². The molecule has 0 spiro atoms. The van der Waals surface area contributed by atoms with Gasteiger partial charge in [0, 0.05) is 13.1 Å². The van der Waals surface area contributed by atoms with Gasteiger partial charge in [0.15, 0.2) is 0 Å². The van der Waals surface area contributed by atoms with Crippen molar-refractivity contribution < 1.29 is 9.53 Å². The summed E-state index contributed by atoms with van der Waals surface area (Å²) in [5.74, 6) is 2.06. The van der Waals surface area contributed by atoms with Crippen LogP contribution in [0.25, 0.3) is 0 Å². The summed E-state index contributed by atoms with van der Waals surface area (Å²) in [5, 5.41) is 3.02. The number of carbonyl (C=O) groups is 1. The summed E-state index contributed by atoms with van der Waals surface area (Å²) in [6.45, 7) is 11.0. The van der Waals surface area contributed by atoms with Gasteiger partial charge in [-0.05, 0) is 44.2 Å². The number of hydrogen-bond donors (Lipinski definition) is 1. The van der Waals surface area contributed by atoms with E-state index in [2.05, 4.69) is 24.1 Å². The van der Waals surface area contributed by atoms with Crippen LogP contribution in [0.3, 0.4) is 0 Å². The van der Waals surface area contributed by atoms with E-state index in [0.717, 1.165) is 24.5 Å². The van der Waals surface area contributed by atoms with Gasteiger partial charge in [-0.2, -0.15) is 0 Å². The van der Waals surface area contributed by atoms with Crippen molar-refractivity contribution in [2.24, 2.45) is 11.8 Å². The van der Waals surface area contributed by atoms with Crippen LogP contribution in [0.5, 0.6) is 5.75 Å². The Balaban J connectivity index is 2.02. The first-order valence-corrected chi connectivity index (χ1v) is 8.28. The van der Waals surface area contributed by atoms with Crippen molar-refractivity contribution in [3.63, 3.8) is 0 Å². The molecule has 1 fully saturated rings. The third-order valence-corrected chi connectivity index (χ3v) is 4.27. The molecule has 4 nitrogen and oxygen atoms in total. The summed E-state index contributed by atoms with van der Waals surface area (Å²) < 4.78 is 5.57. The zero-order chi connectivity index (χ0) is 16.1. The molecule has 0 bridgehead atoms. The highest BCUT2D eigenvalue weighted by atomic mass is 16.5. The maximum absolute atomic E-state index is 12.6. The van der Waals surface area contributed by atoms with Crippen LogP contribution < -0.4 is 10.1 Å². The van der Waals surface area contributed by atoms with Gasteiger partial charge in [0.25, 0.3) is 0 Å². The van der Waals surface area contributed by atoms with Gasteiger partial charge in [-0.15, -0.1) is 0 Å². The van der Waals surface area contributed by atoms with E-state index in [1.165, 1.54) is 6.42 Å². The number of likely N-dealkylation sites (tertiary alicyclic amines) is 1. The Labute approximate surface area is 133 Å². The normalized spacial score (nSPS) is 23.8. The van der Waals surface area contributed by atoms with Crippen molar-refractivity contribution >= 4 is 11.6 Å². The fourth-order valence-electron chi connectivity index (χ4n) is 3.28. The van der Waals surface area contributed by atoms with E-state index in [9.17, 15) is 4.79 Å². The van der Waals surface area contributed by atoms with Crippen molar-refractivity contribution in [1.82, 2.24) is 4.90 Å². The molecular formula is C18H28N2O2. The van der Waals surface area contributed by atoms with Crippen molar-refractivity contribution in [3.8, 4) is 5.75 Å². The van der Waals surface area contributed by atoms with Crippen LogP contribution in [0.2, 0.25) is 0 Å². The molecule has 1 aromatic rings. The number of para-hydroxylation sites is 2. The highest BCUT2D eigenvalue weighted by molar-refractivity contribution is 5.95. The molecule has 2 rings (SSSR count). The number of rotatable bonds is 5. The largest absolute Gasteiger partial charge is 0.492 e. The van der Waals surface area contributed by atoms with E-state index in [1.54, 1.807) is 0 Å². The Hall–Kier alpha value is -1.55. The zero-order valence-electron chi connectivity index (χ0n) is 14.1. The molecule has 1 amide bonds. The molecule has 0 saturated carbocycles. The van der Waals surface area contributed by atoms with Gasteiger partial charge in [0.2, 0.25) is 5.91 Å². The monoisotopic (exact) mass is 304 g/mol. The third-order valence-electron chi connectivity index (χ3n) is 4.27. The van der Waals surface area contributed by atoms with Gasteiger partial charge >= 0.3 is 0 Å². The Kier molecular flexibility index (Phi) is 5.83. The van der Waals surface area contributed by atoms with Crippen LogP contribution in [0.4, 0.5) is 5.69 Å². The van der Waals surface area contributed by atoms with E-state index in [1.807, 2.05) is 38.1 Å². The lowest BCUT2D eigenvalue weighted by atomic mass is 9.91. The highest BCUT2D eigenvalue weighted by Crippen LogP contribution is 2.26. The molecule has 1 aliphatic rings. The SMILES string of the molecule is CCOc1ccccc1NC(=O)[C@@H](C)N1C[C@@H](C)C[C@H](C)C1. The number of carbonyl (C=O) groups excluding carboxylic acids is 1. The lowest BCUT2D eigenvalue weighted by molar-refractivity contribution is -0.121. The second-order valence-electron chi connectivity index (χ2n) is 6.49. The van der Waals surface area contributed by atoms with Crippen molar-refractivity contribution in [2.45, 2.75) is 40.2 Å². The van der Waals surface area contributed by atoms with Gasteiger partial charge in [-0.1, -0.05) is 26.0 Å². The van der Waals surface area contributed by atoms with Crippen molar-refractivity contribution in [2.75, 3.05) is 25.0 Å². The van der Waals surface area contributed by atoms with E-state index >= 15 is 0 Å². The number of hydrogen-bond acceptors (Lipinski definition) is 3. The maximum Gasteiger partial charge on any atom is 0.241 e. The Morgan fingerprint density at radius 1 is 1.32 bits per heavy atom. The molecule has 0 unspecified atom stereocenters. The number of benzene rings is 1. The minimum atomic E-state index is -0.125. The zero-order valence-corrected chi connectivity index (χ0v) is 14.1. The predicted octanol–water partition coefficient (Wildman–Crippen LogP) is 3.39. The molecule has 0 aliphatic carbocycles. The fraction of sp³-hybridized carbons (Fsp3) is 0.611. The van der Waals surface area contributed by atoms with E-state index in [4.69, 9.17) is 4.74 Å². The average Bonchev–Trinajstić information content (AvgIpc) is 2.47. The molecule has 1 aromatic carbocycles. The lowest BCUT2D eigenvalue weighted by Crippen LogP contribution is -2.48. The van der Waals surface area contributed by atoms with Gasteiger partial charge in [0.05, 0.1) is 18.3 Å². The van der Waals surface area contributed by atoms with Gasteiger partial charge < -0.3 is 10.1 Å². The van der Waals surface area contributed by atoms with Crippen LogP contribution in [0.15, 0.2) is 24.3 Å². The minimum absolute atomic E-state index is 0.0356. The topological polar surface area (TPSA) is 41.6 Å². The van der Waals surface area contributed by atoms with Crippen LogP contribution in [0, 0.1) is 11.8 Å². The first kappa shape index (κ1) is 16.8. The van der Waals surface area contributed by atoms with Gasteiger partial charge in [0.1, 0.15) is 5.75 Å². The average molecular weight is 304 g/mol. The molecule has 1 saturated heterocycles. The molecule has 122 valence electrons. The number of nitrogens with one attached hydrogen (secondary N) is 1. The summed E-state index contributed by atoms with van der Waals surface area (Å²) in [6.07, 6.45) is 1.25. The number of amides is 1. The molecule has 3 atom stereocenters. The number of ether oxygens (including phenoxy) is 1. The second kappa shape index (κ2) is 7.63. The van der Waals surface area contributed by atoms with E-state index in [0.29, 0.717) is 18.4 Å². The number of piperidine rings is 1. The minimum Gasteiger partial charge on any atom is -0.492 e. The van der Waals surface area contributed by atoms with Gasteiger partial charge in [-0.3, -0.25) is 9.69 Å². The van der Waals surface area contributed by atoms with Crippen molar-refractivity contribution in [3.05, 3.63) is 24.3 Å². The molecule has 0 radical (unpaired) electrons. The Bertz CT molecular complexity index is 494. The predicted molar refractivity (Wildman–Crippen MR) is 90.2 cm³/mol. The summed E-state index contributed by atoms with van der Waals surface area (Å²) in [4.78, 5) is 14.9. The summed E-state index contributed by atoms with van der Waals surface area (Å²) in [6, 6.07) is 7.47. The third kappa shape index (κ3) is 4.23. The quantitative estimate of drug-likeness (QED) is 0.906. The van der Waals surface area contributed by atoms with E-state index < -0.39 is 0 Å². The smallest absolute Gasteiger partial charge is 0.241 e. The van der Waals surface area contributed by atoms with E-state index in [-0.39, 0.29) is 11.9 Å². The Morgan fingerprint density at radius 2 is 1.95 bits per heavy atom. The molecule has 22 heavy (non-hydrogen) atoms.